The summed E-state index contributed by atoms with van der Waals surface area (Å²) in [7, 11) is 0. The first-order chi connectivity index (χ1) is 12.3. The number of para-hydroxylation sites is 1. The third kappa shape index (κ3) is 2.29. The molecule has 0 bridgehead atoms. The number of hydrogen-bond acceptors (Lipinski definition) is 1. The van der Waals surface area contributed by atoms with Gasteiger partial charge in [-0.3, -0.25) is 4.57 Å². The first kappa shape index (κ1) is 14.5. The standard InChI is InChI=1S/C21H14BrN3/c22-15-11-12-18-17(13-15)19-20(23-18)24-21(14-7-3-1-4-8-14)25(19)16-9-5-2-6-10-16/h1-13,23H. The van der Waals surface area contributed by atoms with Crippen molar-refractivity contribution in [3.63, 3.8) is 0 Å². The van der Waals surface area contributed by atoms with Crippen molar-refractivity contribution in [2.24, 2.45) is 0 Å². The fraction of sp³-hybridized carbons (Fsp3) is 0. The minimum Gasteiger partial charge on any atom is -0.338 e. The number of halogens is 1. The lowest BCUT2D eigenvalue weighted by molar-refractivity contribution is 1.10. The van der Waals surface area contributed by atoms with E-state index in [1.54, 1.807) is 0 Å². The molecule has 5 aromatic rings. The number of nitrogens with one attached hydrogen (secondary N) is 1. The summed E-state index contributed by atoms with van der Waals surface area (Å²) in [5.41, 5.74) is 5.28. The molecule has 5 rings (SSSR count). The van der Waals surface area contributed by atoms with Crippen molar-refractivity contribution in [2.45, 2.75) is 0 Å². The minimum atomic E-state index is 0.899. The Kier molecular flexibility index (Phi) is 3.25. The average molecular weight is 388 g/mol. The van der Waals surface area contributed by atoms with Gasteiger partial charge in [0.2, 0.25) is 0 Å². The normalized spacial score (nSPS) is 11.4. The Morgan fingerprint density at radius 2 is 1.56 bits per heavy atom. The predicted octanol–water partition coefficient (Wildman–Crippen LogP) is 5.94. The molecule has 25 heavy (non-hydrogen) atoms. The quantitative estimate of drug-likeness (QED) is 0.399. The molecule has 0 amide bonds. The van der Waals surface area contributed by atoms with Gasteiger partial charge in [-0.15, -0.1) is 0 Å². The van der Waals surface area contributed by atoms with Crippen LogP contribution in [0.15, 0.2) is 83.3 Å². The molecule has 120 valence electrons. The van der Waals surface area contributed by atoms with Crippen molar-refractivity contribution in [1.82, 2.24) is 14.5 Å². The van der Waals surface area contributed by atoms with Gasteiger partial charge in [-0.2, -0.15) is 0 Å². The van der Waals surface area contributed by atoms with Crippen molar-refractivity contribution < 1.29 is 0 Å². The number of H-pyrrole nitrogens is 1. The van der Waals surface area contributed by atoms with Crippen LogP contribution in [-0.4, -0.2) is 14.5 Å². The molecule has 0 fully saturated rings. The number of imidazole rings is 1. The molecule has 0 aliphatic heterocycles. The third-order valence-electron chi connectivity index (χ3n) is 4.41. The SMILES string of the molecule is Brc1ccc2[nH]c3nc(-c4ccccc4)n(-c4ccccc4)c3c2c1. The summed E-state index contributed by atoms with van der Waals surface area (Å²) >= 11 is 3.59. The topological polar surface area (TPSA) is 33.6 Å². The second-order valence-corrected chi connectivity index (χ2v) is 6.90. The van der Waals surface area contributed by atoms with Gasteiger partial charge in [0.15, 0.2) is 5.65 Å². The summed E-state index contributed by atoms with van der Waals surface area (Å²) < 4.78 is 3.29. The maximum Gasteiger partial charge on any atom is 0.158 e. The molecule has 0 aliphatic carbocycles. The third-order valence-corrected chi connectivity index (χ3v) is 4.91. The van der Waals surface area contributed by atoms with Crippen LogP contribution >= 0.6 is 15.9 Å². The highest BCUT2D eigenvalue weighted by Gasteiger charge is 2.18. The van der Waals surface area contributed by atoms with Gasteiger partial charge in [-0.05, 0) is 30.3 Å². The molecule has 0 saturated heterocycles. The van der Waals surface area contributed by atoms with Gasteiger partial charge < -0.3 is 4.98 Å². The predicted molar refractivity (Wildman–Crippen MR) is 106 cm³/mol. The lowest BCUT2D eigenvalue weighted by Crippen LogP contribution is -1.97. The summed E-state index contributed by atoms with van der Waals surface area (Å²) in [6, 6.07) is 27.0. The van der Waals surface area contributed by atoms with Crippen molar-refractivity contribution >= 4 is 38.0 Å². The van der Waals surface area contributed by atoms with E-state index in [-0.39, 0.29) is 0 Å². The van der Waals surface area contributed by atoms with Crippen LogP contribution in [0.5, 0.6) is 0 Å². The largest absolute Gasteiger partial charge is 0.338 e. The maximum atomic E-state index is 4.92. The molecule has 0 atom stereocenters. The Morgan fingerprint density at radius 3 is 2.32 bits per heavy atom. The Morgan fingerprint density at radius 1 is 0.840 bits per heavy atom. The van der Waals surface area contributed by atoms with Gasteiger partial charge in [-0.25, -0.2) is 4.98 Å². The van der Waals surface area contributed by atoms with Crippen LogP contribution in [0, 0.1) is 0 Å². The highest BCUT2D eigenvalue weighted by Crippen LogP contribution is 2.34. The Balaban J connectivity index is 1.93. The first-order valence-corrected chi connectivity index (χ1v) is 8.91. The molecule has 0 saturated carbocycles. The van der Waals surface area contributed by atoms with E-state index in [9.17, 15) is 0 Å². The first-order valence-electron chi connectivity index (χ1n) is 8.12. The van der Waals surface area contributed by atoms with Crippen LogP contribution in [0.1, 0.15) is 0 Å². The molecular weight excluding hydrogens is 374 g/mol. The summed E-state index contributed by atoms with van der Waals surface area (Å²) in [5, 5.41) is 1.16. The van der Waals surface area contributed by atoms with Crippen LogP contribution in [0.2, 0.25) is 0 Å². The Hall–Kier alpha value is -2.85. The molecule has 3 nitrogen and oxygen atoms in total. The number of aromatic amines is 1. The van der Waals surface area contributed by atoms with Gasteiger partial charge in [0.1, 0.15) is 5.82 Å². The molecule has 2 heterocycles. The number of aromatic nitrogens is 3. The molecular formula is C21H14BrN3. The zero-order valence-electron chi connectivity index (χ0n) is 13.3. The Bertz CT molecular complexity index is 1190. The number of benzene rings is 3. The highest BCUT2D eigenvalue weighted by molar-refractivity contribution is 9.10. The van der Waals surface area contributed by atoms with Crippen molar-refractivity contribution in [3.8, 4) is 17.1 Å². The number of fused-ring (bicyclic) bond motifs is 3. The van der Waals surface area contributed by atoms with E-state index < -0.39 is 0 Å². The molecule has 0 spiro atoms. The fourth-order valence-electron chi connectivity index (χ4n) is 3.31. The van der Waals surface area contributed by atoms with Crippen LogP contribution in [0.3, 0.4) is 0 Å². The average Bonchev–Trinajstić information content (AvgIpc) is 3.19. The van der Waals surface area contributed by atoms with Crippen molar-refractivity contribution in [3.05, 3.63) is 83.3 Å². The van der Waals surface area contributed by atoms with Crippen LogP contribution < -0.4 is 0 Å². The van der Waals surface area contributed by atoms with E-state index in [1.165, 1.54) is 0 Å². The highest BCUT2D eigenvalue weighted by atomic mass is 79.9. The molecule has 0 aliphatic rings. The molecule has 0 radical (unpaired) electrons. The van der Waals surface area contributed by atoms with E-state index >= 15 is 0 Å². The number of nitrogens with zero attached hydrogens (tertiary/aromatic N) is 2. The molecule has 3 aromatic carbocycles. The fourth-order valence-corrected chi connectivity index (χ4v) is 3.68. The lowest BCUT2D eigenvalue weighted by Gasteiger charge is -2.09. The zero-order valence-corrected chi connectivity index (χ0v) is 14.9. The summed E-state index contributed by atoms with van der Waals surface area (Å²) in [6.45, 7) is 0. The summed E-state index contributed by atoms with van der Waals surface area (Å²) in [6.07, 6.45) is 0. The zero-order chi connectivity index (χ0) is 16.8. The maximum absolute atomic E-state index is 4.92. The number of hydrogen-bond donors (Lipinski definition) is 1. The number of rotatable bonds is 2. The molecule has 1 N–H and O–H groups in total. The lowest BCUT2D eigenvalue weighted by atomic mass is 10.2. The summed E-state index contributed by atoms with van der Waals surface area (Å²) in [4.78, 5) is 8.37. The van der Waals surface area contributed by atoms with E-state index in [1.807, 2.05) is 30.3 Å². The van der Waals surface area contributed by atoms with Crippen LogP contribution in [-0.2, 0) is 0 Å². The Labute approximate surface area is 153 Å². The van der Waals surface area contributed by atoms with Crippen LogP contribution in [0.25, 0.3) is 39.1 Å². The molecule has 2 aromatic heterocycles. The van der Waals surface area contributed by atoms with Crippen molar-refractivity contribution in [2.75, 3.05) is 0 Å². The molecule has 0 unspecified atom stereocenters. The molecule has 4 heteroatoms. The van der Waals surface area contributed by atoms with Gasteiger partial charge >= 0.3 is 0 Å². The monoisotopic (exact) mass is 387 g/mol. The minimum absolute atomic E-state index is 0.899. The van der Waals surface area contributed by atoms with Crippen LogP contribution in [0.4, 0.5) is 0 Å². The second kappa shape index (κ2) is 5.60. The summed E-state index contributed by atoms with van der Waals surface area (Å²) in [5.74, 6) is 0.940. The van der Waals surface area contributed by atoms with E-state index in [2.05, 4.69) is 74.0 Å². The van der Waals surface area contributed by atoms with E-state index in [0.717, 1.165) is 43.6 Å². The van der Waals surface area contributed by atoms with E-state index in [4.69, 9.17) is 4.98 Å². The van der Waals surface area contributed by atoms with E-state index in [0.29, 0.717) is 0 Å². The smallest absolute Gasteiger partial charge is 0.158 e. The van der Waals surface area contributed by atoms with Crippen molar-refractivity contribution in [1.29, 1.82) is 0 Å². The second-order valence-electron chi connectivity index (χ2n) is 5.98. The van der Waals surface area contributed by atoms with Gasteiger partial charge in [-0.1, -0.05) is 64.5 Å². The van der Waals surface area contributed by atoms with Gasteiger partial charge in [0, 0.05) is 26.6 Å². The van der Waals surface area contributed by atoms with Gasteiger partial charge in [0.05, 0.1) is 5.52 Å². The van der Waals surface area contributed by atoms with Gasteiger partial charge in [0.25, 0.3) is 0 Å².